The molecule has 0 heterocycles. The van der Waals surface area contributed by atoms with Crippen molar-refractivity contribution >= 4 is 29.1 Å². The number of carbonyl (C=O) groups is 3. The highest BCUT2D eigenvalue weighted by atomic mass is 16.5. The van der Waals surface area contributed by atoms with Gasteiger partial charge in [-0.1, -0.05) is 6.07 Å². The van der Waals surface area contributed by atoms with Gasteiger partial charge in [0.2, 0.25) is 11.8 Å². The van der Waals surface area contributed by atoms with E-state index in [2.05, 4.69) is 10.6 Å². The third-order valence-corrected chi connectivity index (χ3v) is 3.87. The number of carbonyl (C=O) groups excluding carboxylic acids is 3. The van der Waals surface area contributed by atoms with Gasteiger partial charge in [-0.05, 0) is 49.2 Å². The second-order valence-electron chi connectivity index (χ2n) is 6.07. The zero-order chi connectivity index (χ0) is 18.5. The second kappa shape index (κ2) is 7.69. The Morgan fingerprint density at radius 3 is 2.38 bits per heavy atom. The molecule has 2 aromatic rings. The van der Waals surface area contributed by atoms with Crippen LogP contribution in [0.1, 0.15) is 23.2 Å². The maximum absolute atomic E-state index is 12.0. The number of primary amides is 1. The number of amides is 3. The molecule has 26 heavy (non-hydrogen) atoms. The average molecular weight is 353 g/mol. The van der Waals surface area contributed by atoms with Gasteiger partial charge in [0.15, 0.2) is 6.61 Å². The molecule has 4 N–H and O–H groups in total. The van der Waals surface area contributed by atoms with Crippen LogP contribution in [-0.2, 0) is 9.59 Å². The molecule has 3 rings (SSSR count). The topological polar surface area (TPSA) is 111 Å². The predicted molar refractivity (Wildman–Crippen MR) is 96.9 cm³/mol. The summed E-state index contributed by atoms with van der Waals surface area (Å²) in [7, 11) is 0. The van der Waals surface area contributed by atoms with Gasteiger partial charge in [-0.25, -0.2) is 0 Å². The molecule has 0 aliphatic heterocycles. The van der Waals surface area contributed by atoms with E-state index in [1.165, 1.54) is 12.1 Å². The molecule has 0 spiro atoms. The Morgan fingerprint density at radius 2 is 1.73 bits per heavy atom. The molecule has 134 valence electrons. The first kappa shape index (κ1) is 17.5. The summed E-state index contributed by atoms with van der Waals surface area (Å²) in [4.78, 5) is 34.8. The lowest BCUT2D eigenvalue weighted by atomic mass is 10.2. The quantitative estimate of drug-likeness (QED) is 0.708. The highest BCUT2D eigenvalue weighted by molar-refractivity contribution is 5.95. The molecule has 1 saturated carbocycles. The van der Waals surface area contributed by atoms with Gasteiger partial charge in [0, 0.05) is 28.9 Å². The first-order chi connectivity index (χ1) is 12.5. The van der Waals surface area contributed by atoms with Crippen molar-refractivity contribution < 1.29 is 19.1 Å². The molecule has 1 aliphatic carbocycles. The van der Waals surface area contributed by atoms with Crippen molar-refractivity contribution in [3.63, 3.8) is 0 Å². The lowest BCUT2D eigenvalue weighted by Crippen LogP contribution is -2.20. The summed E-state index contributed by atoms with van der Waals surface area (Å²) in [5.74, 6) is -0.257. The van der Waals surface area contributed by atoms with Crippen molar-refractivity contribution in [3.8, 4) is 5.75 Å². The van der Waals surface area contributed by atoms with E-state index >= 15 is 0 Å². The summed E-state index contributed by atoms with van der Waals surface area (Å²) in [5.41, 5.74) is 6.71. The van der Waals surface area contributed by atoms with Crippen molar-refractivity contribution in [3.05, 3.63) is 54.1 Å². The normalized spacial score (nSPS) is 12.9. The standard InChI is InChI=1S/C19H19N3O4/c20-18(24)12-6-8-14(9-7-12)21-17(23)11-26-16-3-1-2-15(10-16)22-19(25)13-4-5-13/h1-3,6-10,13H,4-5,11H2,(H2,20,24)(H,21,23)(H,22,25). The van der Waals surface area contributed by atoms with Gasteiger partial charge in [-0.3, -0.25) is 14.4 Å². The minimum atomic E-state index is -0.528. The summed E-state index contributed by atoms with van der Waals surface area (Å²) >= 11 is 0. The lowest BCUT2D eigenvalue weighted by molar-refractivity contribution is -0.118. The highest BCUT2D eigenvalue weighted by Gasteiger charge is 2.29. The molecule has 1 aliphatic rings. The number of hydrogen-bond donors (Lipinski definition) is 3. The van der Waals surface area contributed by atoms with Crippen LogP contribution in [-0.4, -0.2) is 24.3 Å². The molecule has 1 fully saturated rings. The van der Waals surface area contributed by atoms with Gasteiger partial charge in [-0.2, -0.15) is 0 Å². The molecule has 0 radical (unpaired) electrons. The fourth-order valence-corrected chi connectivity index (χ4v) is 2.32. The third kappa shape index (κ3) is 4.83. The third-order valence-electron chi connectivity index (χ3n) is 3.87. The largest absolute Gasteiger partial charge is 0.484 e. The van der Waals surface area contributed by atoms with Crippen molar-refractivity contribution in [1.29, 1.82) is 0 Å². The minimum Gasteiger partial charge on any atom is -0.484 e. The smallest absolute Gasteiger partial charge is 0.262 e. The number of anilines is 2. The number of nitrogens with two attached hydrogens (primary N) is 1. The van der Waals surface area contributed by atoms with Crippen LogP contribution in [0.3, 0.4) is 0 Å². The molecular formula is C19H19N3O4. The van der Waals surface area contributed by atoms with Crippen LogP contribution < -0.4 is 21.1 Å². The van der Waals surface area contributed by atoms with E-state index in [-0.39, 0.29) is 24.3 Å². The molecule has 7 heteroatoms. The highest BCUT2D eigenvalue weighted by Crippen LogP contribution is 2.30. The average Bonchev–Trinajstić information content (AvgIpc) is 3.46. The maximum Gasteiger partial charge on any atom is 0.262 e. The second-order valence-corrected chi connectivity index (χ2v) is 6.07. The number of rotatable bonds is 7. The molecule has 0 aromatic heterocycles. The SMILES string of the molecule is NC(=O)c1ccc(NC(=O)COc2cccc(NC(=O)C3CC3)c2)cc1. The van der Waals surface area contributed by atoms with Gasteiger partial charge in [0.25, 0.3) is 5.91 Å². The summed E-state index contributed by atoms with van der Waals surface area (Å²) in [6, 6.07) is 13.1. The summed E-state index contributed by atoms with van der Waals surface area (Å²) in [6.45, 7) is -0.183. The Bertz CT molecular complexity index is 829. The van der Waals surface area contributed by atoms with E-state index in [1.54, 1.807) is 36.4 Å². The molecular weight excluding hydrogens is 334 g/mol. The van der Waals surface area contributed by atoms with E-state index in [1.807, 2.05) is 0 Å². The van der Waals surface area contributed by atoms with Crippen LogP contribution in [0, 0.1) is 5.92 Å². The predicted octanol–water partition coefficient (Wildman–Crippen LogP) is 2.15. The summed E-state index contributed by atoms with van der Waals surface area (Å²) in [5, 5.41) is 5.49. The van der Waals surface area contributed by atoms with Crippen LogP contribution in [0.2, 0.25) is 0 Å². The first-order valence-electron chi connectivity index (χ1n) is 8.25. The Hall–Kier alpha value is -3.35. The number of hydrogen-bond acceptors (Lipinski definition) is 4. The first-order valence-corrected chi connectivity index (χ1v) is 8.25. The van der Waals surface area contributed by atoms with E-state index < -0.39 is 5.91 Å². The van der Waals surface area contributed by atoms with E-state index in [9.17, 15) is 14.4 Å². The number of nitrogens with one attached hydrogen (secondary N) is 2. The molecule has 2 aromatic carbocycles. The van der Waals surface area contributed by atoms with Crippen molar-refractivity contribution in [2.75, 3.05) is 17.2 Å². The van der Waals surface area contributed by atoms with Crippen LogP contribution in [0.15, 0.2) is 48.5 Å². The maximum atomic E-state index is 12.0. The fraction of sp³-hybridized carbons (Fsp3) is 0.211. The number of ether oxygens (including phenoxy) is 1. The zero-order valence-electron chi connectivity index (χ0n) is 14.0. The van der Waals surface area contributed by atoms with Gasteiger partial charge in [0.05, 0.1) is 0 Å². The Labute approximate surface area is 150 Å². The number of benzene rings is 2. The van der Waals surface area contributed by atoms with Gasteiger partial charge in [0.1, 0.15) is 5.75 Å². The monoisotopic (exact) mass is 353 g/mol. The van der Waals surface area contributed by atoms with Crippen molar-refractivity contribution in [2.24, 2.45) is 11.7 Å². The van der Waals surface area contributed by atoms with Crippen LogP contribution >= 0.6 is 0 Å². The van der Waals surface area contributed by atoms with E-state index in [0.29, 0.717) is 22.7 Å². The molecule has 7 nitrogen and oxygen atoms in total. The van der Waals surface area contributed by atoms with Crippen LogP contribution in [0.25, 0.3) is 0 Å². The lowest BCUT2D eigenvalue weighted by Gasteiger charge is -2.10. The molecule has 3 amide bonds. The Balaban J connectivity index is 1.50. The van der Waals surface area contributed by atoms with Gasteiger partial charge < -0.3 is 21.1 Å². The Morgan fingerprint density at radius 1 is 1.00 bits per heavy atom. The van der Waals surface area contributed by atoms with Crippen LogP contribution in [0.4, 0.5) is 11.4 Å². The van der Waals surface area contributed by atoms with E-state index in [0.717, 1.165) is 12.8 Å². The molecule has 0 bridgehead atoms. The molecule has 0 unspecified atom stereocenters. The fourth-order valence-electron chi connectivity index (χ4n) is 2.32. The zero-order valence-corrected chi connectivity index (χ0v) is 14.0. The molecule has 0 atom stereocenters. The van der Waals surface area contributed by atoms with Crippen molar-refractivity contribution in [2.45, 2.75) is 12.8 Å². The van der Waals surface area contributed by atoms with Crippen LogP contribution in [0.5, 0.6) is 5.75 Å². The minimum absolute atomic E-state index is 0.0132. The molecule has 0 saturated heterocycles. The van der Waals surface area contributed by atoms with Gasteiger partial charge >= 0.3 is 0 Å². The van der Waals surface area contributed by atoms with E-state index in [4.69, 9.17) is 10.5 Å². The van der Waals surface area contributed by atoms with Gasteiger partial charge in [-0.15, -0.1) is 0 Å². The van der Waals surface area contributed by atoms with Crippen molar-refractivity contribution in [1.82, 2.24) is 0 Å². The summed E-state index contributed by atoms with van der Waals surface area (Å²) in [6.07, 6.45) is 1.87. The summed E-state index contributed by atoms with van der Waals surface area (Å²) < 4.78 is 5.46. The Kier molecular flexibility index (Phi) is 5.17.